The van der Waals surface area contributed by atoms with E-state index >= 15 is 0 Å². The lowest BCUT2D eigenvalue weighted by molar-refractivity contribution is 0.619. The minimum absolute atomic E-state index is 0.221. The van der Waals surface area contributed by atoms with Crippen LogP contribution in [0.5, 0.6) is 0 Å². The molecule has 4 heteroatoms. The summed E-state index contributed by atoms with van der Waals surface area (Å²) in [6.07, 6.45) is 0. The minimum Gasteiger partial charge on any atom is -0.361 e. The first-order valence-corrected chi connectivity index (χ1v) is 5.35. The molecule has 2 aromatic rings. The summed E-state index contributed by atoms with van der Waals surface area (Å²) in [5.41, 5.74) is 2.05. The van der Waals surface area contributed by atoms with Crippen LogP contribution in [-0.4, -0.2) is 24.3 Å². The van der Waals surface area contributed by atoms with E-state index in [0.717, 1.165) is 11.4 Å². The van der Waals surface area contributed by atoms with Crippen LogP contribution in [0.3, 0.4) is 0 Å². The second kappa shape index (κ2) is 4.49. The standard InChI is InChI=1S/C13H14FN3/c1-9-4-5-10(8-11(9)14)12-6-7-13(16-15-12)17(2)3/h4-8H,1-3H3. The lowest BCUT2D eigenvalue weighted by Crippen LogP contribution is -2.11. The molecule has 0 fully saturated rings. The second-order valence-corrected chi connectivity index (χ2v) is 4.14. The molecule has 1 heterocycles. The monoisotopic (exact) mass is 231 g/mol. The molecule has 3 nitrogen and oxygen atoms in total. The summed E-state index contributed by atoms with van der Waals surface area (Å²) in [5.74, 6) is 0.558. The van der Waals surface area contributed by atoms with E-state index in [4.69, 9.17) is 0 Å². The topological polar surface area (TPSA) is 29.0 Å². The highest BCUT2D eigenvalue weighted by Gasteiger charge is 2.04. The van der Waals surface area contributed by atoms with Gasteiger partial charge in [0.1, 0.15) is 5.82 Å². The molecule has 0 aliphatic carbocycles. The van der Waals surface area contributed by atoms with Crippen molar-refractivity contribution in [2.75, 3.05) is 19.0 Å². The normalized spacial score (nSPS) is 10.4. The van der Waals surface area contributed by atoms with Crippen molar-refractivity contribution in [3.8, 4) is 11.3 Å². The third-order valence-electron chi connectivity index (χ3n) is 2.58. The molecule has 0 spiro atoms. The van der Waals surface area contributed by atoms with Gasteiger partial charge in [0.25, 0.3) is 0 Å². The Morgan fingerprint density at radius 1 is 1.06 bits per heavy atom. The van der Waals surface area contributed by atoms with Crippen molar-refractivity contribution in [1.82, 2.24) is 10.2 Å². The summed E-state index contributed by atoms with van der Waals surface area (Å²) in [7, 11) is 3.80. The van der Waals surface area contributed by atoms with Gasteiger partial charge in [-0.05, 0) is 30.7 Å². The predicted molar refractivity (Wildman–Crippen MR) is 66.5 cm³/mol. The summed E-state index contributed by atoms with van der Waals surface area (Å²) >= 11 is 0. The molecule has 0 saturated heterocycles. The van der Waals surface area contributed by atoms with Gasteiger partial charge >= 0.3 is 0 Å². The van der Waals surface area contributed by atoms with Crippen LogP contribution in [0.25, 0.3) is 11.3 Å². The Morgan fingerprint density at radius 3 is 2.35 bits per heavy atom. The fraction of sp³-hybridized carbons (Fsp3) is 0.231. The Kier molecular flexibility index (Phi) is 3.04. The van der Waals surface area contributed by atoms with Crippen molar-refractivity contribution >= 4 is 5.82 Å². The molecule has 17 heavy (non-hydrogen) atoms. The van der Waals surface area contributed by atoms with Crippen molar-refractivity contribution in [2.45, 2.75) is 6.92 Å². The number of hydrogen-bond acceptors (Lipinski definition) is 3. The molecule has 1 aromatic heterocycles. The minimum atomic E-state index is -0.221. The van der Waals surface area contributed by atoms with Crippen molar-refractivity contribution in [3.05, 3.63) is 41.7 Å². The number of nitrogens with zero attached hydrogens (tertiary/aromatic N) is 3. The number of aryl methyl sites for hydroxylation is 1. The van der Waals surface area contributed by atoms with Gasteiger partial charge in [-0.1, -0.05) is 12.1 Å². The first-order valence-electron chi connectivity index (χ1n) is 5.35. The number of halogens is 1. The number of benzene rings is 1. The van der Waals surface area contributed by atoms with Gasteiger partial charge in [0, 0.05) is 19.7 Å². The summed E-state index contributed by atoms with van der Waals surface area (Å²) in [4.78, 5) is 1.87. The maximum absolute atomic E-state index is 13.4. The molecule has 0 amide bonds. The first-order chi connectivity index (χ1) is 8.08. The molecule has 0 bridgehead atoms. The number of aromatic nitrogens is 2. The Labute approximate surface area is 99.9 Å². The molecular formula is C13H14FN3. The zero-order chi connectivity index (χ0) is 12.4. The highest BCUT2D eigenvalue weighted by Crippen LogP contribution is 2.20. The van der Waals surface area contributed by atoms with Gasteiger partial charge in [0.15, 0.2) is 5.82 Å². The Morgan fingerprint density at radius 2 is 1.82 bits per heavy atom. The van der Waals surface area contributed by atoms with E-state index in [-0.39, 0.29) is 5.82 Å². The van der Waals surface area contributed by atoms with Crippen LogP contribution in [-0.2, 0) is 0 Å². The van der Waals surface area contributed by atoms with Crippen molar-refractivity contribution < 1.29 is 4.39 Å². The average molecular weight is 231 g/mol. The van der Waals surface area contributed by atoms with Crippen molar-refractivity contribution in [3.63, 3.8) is 0 Å². The van der Waals surface area contributed by atoms with Crippen molar-refractivity contribution in [2.24, 2.45) is 0 Å². The maximum atomic E-state index is 13.4. The van der Waals surface area contributed by atoms with Gasteiger partial charge in [0.05, 0.1) is 5.69 Å². The molecular weight excluding hydrogens is 217 g/mol. The molecule has 0 saturated carbocycles. The third kappa shape index (κ3) is 2.41. The van der Waals surface area contributed by atoms with Gasteiger partial charge in [-0.2, -0.15) is 0 Å². The van der Waals surface area contributed by atoms with E-state index in [1.807, 2.05) is 37.2 Å². The van der Waals surface area contributed by atoms with Gasteiger partial charge in [-0.25, -0.2) is 4.39 Å². The van der Waals surface area contributed by atoms with E-state index in [9.17, 15) is 4.39 Å². The van der Waals surface area contributed by atoms with Crippen LogP contribution in [0.2, 0.25) is 0 Å². The molecule has 0 unspecified atom stereocenters. The smallest absolute Gasteiger partial charge is 0.150 e. The van der Waals surface area contributed by atoms with E-state index < -0.39 is 0 Å². The lowest BCUT2D eigenvalue weighted by atomic mass is 10.1. The zero-order valence-electron chi connectivity index (χ0n) is 10.1. The Bertz CT molecular complexity index is 521. The summed E-state index contributed by atoms with van der Waals surface area (Å²) in [5, 5.41) is 8.14. The van der Waals surface area contributed by atoms with E-state index in [1.165, 1.54) is 6.07 Å². The molecule has 0 atom stereocenters. The summed E-state index contributed by atoms with van der Waals surface area (Å²) < 4.78 is 13.4. The first kappa shape index (κ1) is 11.5. The lowest BCUT2D eigenvalue weighted by Gasteiger charge is -2.10. The van der Waals surface area contributed by atoms with Crippen LogP contribution in [0.4, 0.5) is 10.2 Å². The highest BCUT2D eigenvalue weighted by atomic mass is 19.1. The van der Waals surface area contributed by atoms with E-state index in [0.29, 0.717) is 11.3 Å². The molecule has 0 N–H and O–H groups in total. The fourth-order valence-corrected chi connectivity index (χ4v) is 1.47. The second-order valence-electron chi connectivity index (χ2n) is 4.14. The van der Waals surface area contributed by atoms with Gasteiger partial charge in [0.2, 0.25) is 0 Å². The molecule has 0 aliphatic heterocycles. The van der Waals surface area contributed by atoms with Crippen LogP contribution in [0.1, 0.15) is 5.56 Å². The summed E-state index contributed by atoms with van der Waals surface area (Å²) in [6.45, 7) is 1.74. The SMILES string of the molecule is Cc1ccc(-c2ccc(N(C)C)nn2)cc1F. The molecule has 88 valence electrons. The predicted octanol–water partition coefficient (Wildman–Crippen LogP) is 2.66. The van der Waals surface area contributed by atoms with Crippen LogP contribution >= 0.6 is 0 Å². The van der Waals surface area contributed by atoms with Crippen LogP contribution in [0.15, 0.2) is 30.3 Å². The number of rotatable bonds is 2. The van der Waals surface area contributed by atoms with Gasteiger partial charge in [-0.3, -0.25) is 0 Å². The number of anilines is 1. The number of hydrogen-bond donors (Lipinski definition) is 0. The van der Waals surface area contributed by atoms with E-state index in [2.05, 4.69) is 10.2 Å². The molecule has 2 rings (SSSR count). The van der Waals surface area contributed by atoms with Gasteiger partial charge in [-0.15, -0.1) is 10.2 Å². The average Bonchev–Trinajstić information content (AvgIpc) is 2.33. The van der Waals surface area contributed by atoms with Gasteiger partial charge < -0.3 is 4.90 Å². The fourth-order valence-electron chi connectivity index (χ4n) is 1.47. The highest BCUT2D eigenvalue weighted by molar-refractivity contribution is 5.60. The third-order valence-corrected chi connectivity index (χ3v) is 2.58. The largest absolute Gasteiger partial charge is 0.361 e. The van der Waals surface area contributed by atoms with Crippen LogP contribution < -0.4 is 4.90 Å². The quantitative estimate of drug-likeness (QED) is 0.795. The maximum Gasteiger partial charge on any atom is 0.150 e. The Hall–Kier alpha value is -1.97. The van der Waals surface area contributed by atoms with Crippen LogP contribution in [0, 0.1) is 12.7 Å². The molecule has 0 aliphatic rings. The molecule has 0 radical (unpaired) electrons. The van der Waals surface area contributed by atoms with Crippen molar-refractivity contribution in [1.29, 1.82) is 0 Å². The summed E-state index contributed by atoms with van der Waals surface area (Å²) in [6, 6.07) is 8.77. The zero-order valence-corrected chi connectivity index (χ0v) is 10.1. The van der Waals surface area contributed by atoms with E-state index in [1.54, 1.807) is 13.0 Å². The molecule has 1 aromatic carbocycles. The Balaban J connectivity index is 2.36.